The Kier molecular flexibility index (Phi) is 3.41. The number of allylic oxidation sites excluding steroid dienone is 2. The van der Waals surface area contributed by atoms with Crippen molar-refractivity contribution in [1.29, 1.82) is 0 Å². The van der Waals surface area contributed by atoms with Crippen molar-refractivity contribution in [3.8, 4) is 0 Å². The lowest BCUT2D eigenvalue weighted by Crippen LogP contribution is -2.27. The first-order chi connectivity index (χ1) is 8.47. The fourth-order valence-electron chi connectivity index (χ4n) is 1.68. The lowest BCUT2D eigenvalue weighted by molar-refractivity contribution is -0.0964. The standard InChI is InChI=1S/C13H13F3N2/c1-9-2-4-10(5-3-9)11-8-12(13(14,15)16)18-7-6-17-11/h2-5,8,18H,6-7H2,1H3. The summed E-state index contributed by atoms with van der Waals surface area (Å²) in [6, 6.07) is 7.28. The zero-order chi connectivity index (χ0) is 13.2. The van der Waals surface area contributed by atoms with Crippen LogP contribution in [-0.4, -0.2) is 25.0 Å². The predicted octanol–water partition coefficient (Wildman–Crippen LogP) is 2.83. The third-order valence-electron chi connectivity index (χ3n) is 2.64. The summed E-state index contributed by atoms with van der Waals surface area (Å²) in [6.45, 7) is 2.46. The smallest absolute Gasteiger partial charge is 0.379 e. The summed E-state index contributed by atoms with van der Waals surface area (Å²) in [5.74, 6) is 0. The minimum atomic E-state index is -4.37. The molecule has 1 aromatic carbocycles. The van der Waals surface area contributed by atoms with Gasteiger partial charge >= 0.3 is 6.18 Å². The number of aliphatic imine (C=N–C) groups is 1. The zero-order valence-electron chi connectivity index (χ0n) is 9.88. The molecule has 0 amide bonds. The molecule has 2 nitrogen and oxygen atoms in total. The van der Waals surface area contributed by atoms with Crippen LogP contribution < -0.4 is 5.32 Å². The first kappa shape index (κ1) is 12.7. The first-order valence-corrected chi connectivity index (χ1v) is 5.61. The lowest BCUT2D eigenvalue weighted by Gasteiger charge is -2.11. The van der Waals surface area contributed by atoms with Gasteiger partial charge in [-0.2, -0.15) is 13.2 Å². The second-order valence-corrected chi connectivity index (χ2v) is 4.12. The molecule has 0 aromatic heterocycles. The fraction of sp³-hybridized carbons (Fsp3) is 0.308. The van der Waals surface area contributed by atoms with E-state index < -0.39 is 11.9 Å². The van der Waals surface area contributed by atoms with Gasteiger partial charge in [0, 0.05) is 6.54 Å². The Morgan fingerprint density at radius 1 is 1.17 bits per heavy atom. The molecule has 0 fully saturated rings. The third-order valence-corrected chi connectivity index (χ3v) is 2.64. The molecule has 18 heavy (non-hydrogen) atoms. The molecule has 0 radical (unpaired) electrons. The number of alkyl halides is 3. The molecule has 0 spiro atoms. The van der Waals surface area contributed by atoms with Crippen LogP contribution in [0.5, 0.6) is 0 Å². The first-order valence-electron chi connectivity index (χ1n) is 5.61. The molecular formula is C13H13F3N2. The van der Waals surface area contributed by atoms with Crippen LogP contribution in [0.15, 0.2) is 41.0 Å². The Morgan fingerprint density at radius 2 is 1.83 bits per heavy atom. The van der Waals surface area contributed by atoms with Gasteiger partial charge in [0.1, 0.15) is 5.70 Å². The molecule has 1 aromatic rings. The second kappa shape index (κ2) is 4.84. The van der Waals surface area contributed by atoms with Gasteiger partial charge in [-0.3, -0.25) is 4.99 Å². The van der Waals surface area contributed by atoms with Crippen molar-refractivity contribution < 1.29 is 13.2 Å². The lowest BCUT2D eigenvalue weighted by atomic mass is 10.1. The molecule has 0 aliphatic carbocycles. The van der Waals surface area contributed by atoms with Gasteiger partial charge in [-0.1, -0.05) is 29.8 Å². The van der Waals surface area contributed by atoms with Crippen molar-refractivity contribution in [3.05, 3.63) is 47.2 Å². The minimum absolute atomic E-state index is 0.195. The van der Waals surface area contributed by atoms with E-state index in [1.54, 1.807) is 12.1 Å². The average Bonchev–Trinajstić information content (AvgIpc) is 2.55. The number of aryl methyl sites for hydroxylation is 1. The van der Waals surface area contributed by atoms with E-state index >= 15 is 0 Å². The number of nitrogens with one attached hydrogen (secondary N) is 1. The molecule has 1 aliphatic rings. The Balaban J connectivity index is 2.36. The molecule has 1 heterocycles. The summed E-state index contributed by atoms with van der Waals surface area (Å²) in [4.78, 5) is 4.16. The maximum atomic E-state index is 12.7. The van der Waals surface area contributed by atoms with E-state index in [-0.39, 0.29) is 6.54 Å². The molecule has 0 saturated carbocycles. The summed E-state index contributed by atoms with van der Waals surface area (Å²) in [7, 11) is 0. The third kappa shape index (κ3) is 2.91. The normalized spacial score (nSPS) is 16.4. The van der Waals surface area contributed by atoms with Crippen LogP contribution >= 0.6 is 0 Å². The van der Waals surface area contributed by atoms with Gasteiger partial charge in [0.05, 0.1) is 12.3 Å². The van der Waals surface area contributed by atoms with Crippen molar-refractivity contribution in [2.45, 2.75) is 13.1 Å². The minimum Gasteiger partial charge on any atom is -0.379 e. The van der Waals surface area contributed by atoms with Crippen LogP contribution in [0.25, 0.3) is 0 Å². The van der Waals surface area contributed by atoms with Crippen LogP contribution in [0.4, 0.5) is 13.2 Å². The number of benzene rings is 1. The van der Waals surface area contributed by atoms with Gasteiger partial charge < -0.3 is 5.32 Å². The van der Waals surface area contributed by atoms with Crippen molar-refractivity contribution in [2.75, 3.05) is 13.1 Å². The molecule has 0 atom stereocenters. The average molecular weight is 254 g/mol. The zero-order valence-corrected chi connectivity index (χ0v) is 9.88. The topological polar surface area (TPSA) is 24.4 Å². The summed E-state index contributed by atoms with van der Waals surface area (Å²) < 4.78 is 38.1. The molecule has 0 bridgehead atoms. The maximum Gasteiger partial charge on any atom is 0.430 e. The fourth-order valence-corrected chi connectivity index (χ4v) is 1.68. The molecule has 1 N–H and O–H groups in total. The highest BCUT2D eigenvalue weighted by Crippen LogP contribution is 2.24. The quantitative estimate of drug-likeness (QED) is 0.818. The van der Waals surface area contributed by atoms with Gasteiger partial charge in [-0.05, 0) is 18.6 Å². The number of nitrogens with zero attached hydrogens (tertiary/aromatic N) is 1. The van der Waals surface area contributed by atoms with Crippen LogP contribution in [0, 0.1) is 6.92 Å². The van der Waals surface area contributed by atoms with Gasteiger partial charge in [0.2, 0.25) is 0 Å². The van der Waals surface area contributed by atoms with Crippen LogP contribution in [-0.2, 0) is 0 Å². The monoisotopic (exact) mass is 254 g/mol. The molecule has 5 heteroatoms. The second-order valence-electron chi connectivity index (χ2n) is 4.12. The van der Waals surface area contributed by atoms with E-state index in [9.17, 15) is 13.2 Å². The number of halogens is 3. The number of hydrogen-bond acceptors (Lipinski definition) is 2. The van der Waals surface area contributed by atoms with E-state index in [4.69, 9.17) is 0 Å². The van der Waals surface area contributed by atoms with Crippen molar-refractivity contribution >= 4 is 5.71 Å². The van der Waals surface area contributed by atoms with Crippen molar-refractivity contribution in [3.63, 3.8) is 0 Å². The summed E-state index contributed by atoms with van der Waals surface area (Å²) in [5, 5.41) is 2.35. The van der Waals surface area contributed by atoms with E-state index in [1.807, 2.05) is 19.1 Å². The highest BCUT2D eigenvalue weighted by atomic mass is 19.4. The van der Waals surface area contributed by atoms with E-state index in [1.165, 1.54) is 0 Å². The SMILES string of the molecule is Cc1ccc(C2=NCCNC(C(F)(F)F)=C2)cc1. The highest BCUT2D eigenvalue weighted by molar-refractivity contribution is 6.09. The Hall–Kier alpha value is -1.78. The van der Waals surface area contributed by atoms with E-state index in [0.29, 0.717) is 17.8 Å². The molecule has 2 rings (SSSR count). The highest BCUT2D eigenvalue weighted by Gasteiger charge is 2.34. The van der Waals surface area contributed by atoms with Crippen LogP contribution in [0.1, 0.15) is 11.1 Å². The summed E-state index contributed by atoms with van der Waals surface area (Å²) >= 11 is 0. The Bertz CT molecular complexity index is 484. The molecular weight excluding hydrogens is 241 g/mol. The number of rotatable bonds is 1. The van der Waals surface area contributed by atoms with Gasteiger partial charge in [0.15, 0.2) is 0 Å². The van der Waals surface area contributed by atoms with Crippen LogP contribution in [0.3, 0.4) is 0 Å². The van der Waals surface area contributed by atoms with Crippen molar-refractivity contribution in [1.82, 2.24) is 5.32 Å². The molecule has 0 saturated heterocycles. The molecule has 96 valence electrons. The van der Waals surface area contributed by atoms with E-state index in [2.05, 4.69) is 10.3 Å². The largest absolute Gasteiger partial charge is 0.430 e. The Labute approximate surface area is 103 Å². The molecule has 1 aliphatic heterocycles. The van der Waals surface area contributed by atoms with Gasteiger partial charge in [-0.25, -0.2) is 0 Å². The van der Waals surface area contributed by atoms with Crippen molar-refractivity contribution in [2.24, 2.45) is 4.99 Å². The predicted molar refractivity (Wildman–Crippen MR) is 64.7 cm³/mol. The van der Waals surface area contributed by atoms with Crippen LogP contribution in [0.2, 0.25) is 0 Å². The molecule has 0 unspecified atom stereocenters. The maximum absolute atomic E-state index is 12.7. The van der Waals surface area contributed by atoms with Gasteiger partial charge in [-0.15, -0.1) is 0 Å². The van der Waals surface area contributed by atoms with Gasteiger partial charge in [0.25, 0.3) is 0 Å². The summed E-state index contributed by atoms with van der Waals surface area (Å²) in [5.41, 5.74) is 1.39. The number of hydrogen-bond donors (Lipinski definition) is 1. The van der Waals surface area contributed by atoms with E-state index in [0.717, 1.165) is 11.6 Å². The Morgan fingerprint density at radius 3 is 2.44 bits per heavy atom. The summed E-state index contributed by atoms with van der Waals surface area (Å²) in [6.07, 6.45) is -3.30.